The average molecular weight is 212 g/mol. The third-order valence-electron chi connectivity index (χ3n) is 2.25. The third kappa shape index (κ3) is 1.73. The van der Waals surface area contributed by atoms with E-state index in [2.05, 4.69) is 0 Å². The van der Waals surface area contributed by atoms with Gasteiger partial charge in [0.1, 0.15) is 6.61 Å². The van der Waals surface area contributed by atoms with E-state index in [0.29, 0.717) is 19.7 Å². The van der Waals surface area contributed by atoms with Crippen LogP contribution in [0.15, 0.2) is 17.5 Å². The quantitative estimate of drug-likeness (QED) is 0.814. The van der Waals surface area contributed by atoms with E-state index in [9.17, 15) is 4.79 Å². The zero-order valence-corrected chi connectivity index (χ0v) is 8.50. The topological polar surface area (TPSA) is 55.6 Å². The lowest BCUT2D eigenvalue weighted by atomic mass is 10.3. The number of rotatable bonds is 3. The lowest BCUT2D eigenvalue weighted by Crippen LogP contribution is -2.38. The van der Waals surface area contributed by atoms with Crippen LogP contribution in [0.3, 0.4) is 0 Å². The smallest absolute Gasteiger partial charge is 0.410 e. The maximum absolute atomic E-state index is 11.3. The van der Waals surface area contributed by atoms with Gasteiger partial charge in [-0.15, -0.1) is 11.3 Å². The van der Waals surface area contributed by atoms with Crippen LogP contribution < -0.4 is 5.73 Å². The molecule has 1 aliphatic rings. The fourth-order valence-corrected chi connectivity index (χ4v) is 2.15. The third-order valence-corrected chi connectivity index (χ3v) is 3.11. The summed E-state index contributed by atoms with van der Waals surface area (Å²) in [5.74, 6) is 0. The van der Waals surface area contributed by atoms with Gasteiger partial charge in [0.2, 0.25) is 0 Å². The average Bonchev–Trinajstić information content (AvgIpc) is 2.79. The maximum Gasteiger partial charge on any atom is 0.410 e. The van der Waals surface area contributed by atoms with Gasteiger partial charge in [-0.05, 0) is 11.4 Å². The molecule has 1 aliphatic heterocycles. The van der Waals surface area contributed by atoms with Gasteiger partial charge in [-0.2, -0.15) is 0 Å². The highest BCUT2D eigenvalue weighted by molar-refractivity contribution is 7.09. The molecular weight excluding hydrogens is 200 g/mol. The number of hydrogen-bond donors (Lipinski definition) is 1. The second-order valence-electron chi connectivity index (χ2n) is 3.17. The Hall–Kier alpha value is -1.07. The van der Waals surface area contributed by atoms with Gasteiger partial charge in [-0.3, -0.25) is 4.90 Å². The molecule has 0 spiro atoms. The van der Waals surface area contributed by atoms with Crippen molar-refractivity contribution in [1.29, 1.82) is 0 Å². The first-order valence-electron chi connectivity index (χ1n) is 4.47. The van der Waals surface area contributed by atoms with Gasteiger partial charge in [-0.25, -0.2) is 4.79 Å². The highest BCUT2D eigenvalue weighted by Gasteiger charge is 2.31. The summed E-state index contributed by atoms with van der Waals surface area (Å²) in [7, 11) is 0. The van der Waals surface area contributed by atoms with Gasteiger partial charge >= 0.3 is 6.09 Å². The molecule has 1 unspecified atom stereocenters. The number of carbonyl (C=O) groups excluding carboxylic acids is 1. The predicted molar refractivity (Wildman–Crippen MR) is 54.1 cm³/mol. The zero-order chi connectivity index (χ0) is 9.97. The molecule has 14 heavy (non-hydrogen) atoms. The summed E-state index contributed by atoms with van der Waals surface area (Å²) in [6.45, 7) is 1.48. The van der Waals surface area contributed by atoms with Crippen molar-refractivity contribution in [2.75, 3.05) is 13.2 Å². The minimum absolute atomic E-state index is 0.0320. The fraction of sp³-hybridized carbons (Fsp3) is 0.444. The van der Waals surface area contributed by atoms with E-state index in [1.54, 1.807) is 16.2 Å². The highest BCUT2D eigenvalue weighted by Crippen LogP contribution is 2.18. The molecule has 76 valence electrons. The first kappa shape index (κ1) is 9.48. The minimum atomic E-state index is -0.256. The monoisotopic (exact) mass is 212 g/mol. The molecule has 1 aromatic rings. The number of ether oxygens (including phenoxy) is 1. The fourth-order valence-electron chi connectivity index (χ4n) is 1.45. The van der Waals surface area contributed by atoms with E-state index in [1.807, 2.05) is 17.5 Å². The van der Waals surface area contributed by atoms with Crippen LogP contribution in [0.25, 0.3) is 0 Å². The number of nitrogens with two attached hydrogens (primary N) is 1. The number of amides is 1. The first-order valence-corrected chi connectivity index (χ1v) is 5.35. The number of cyclic esters (lactones) is 1. The Kier molecular flexibility index (Phi) is 2.69. The standard InChI is InChI=1S/C9H12N2O2S/c10-4-7-6-13-9(12)11(7)5-8-2-1-3-14-8/h1-3,7H,4-6,10H2. The molecule has 1 fully saturated rings. The molecule has 0 bridgehead atoms. The second-order valence-corrected chi connectivity index (χ2v) is 4.21. The SMILES string of the molecule is NCC1COC(=O)N1Cc1cccs1. The largest absolute Gasteiger partial charge is 0.447 e. The summed E-state index contributed by atoms with van der Waals surface area (Å²) in [4.78, 5) is 14.2. The van der Waals surface area contributed by atoms with Crippen LogP contribution in [0.1, 0.15) is 4.88 Å². The minimum Gasteiger partial charge on any atom is -0.447 e. The van der Waals surface area contributed by atoms with Crippen molar-refractivity contribution in [2.24, 2.45) is 5.73 Å². The molecule has 1 amide bonds. The molecule has 1 atom stereocenters. The van der Waals surface area contributed by atoms with Gasteiger partial charge in [0.15, 0.2) is 0 Å². The molecule has 5 heteroatoms. The van der Waals surface area contributed by atoms with Crippen molar-refractivity contribution >= 4 is 17.4 Å². The van der Waals surface area contributed by atoms with Gasteiger partial charge in [-0.1, -0.05) is 6.07 Å². The van der Waals surface area contributed by atoms with Crippen LogP contribution >= 0.6 is 11.3 Å². The maximum atomic E-state index is 11.3. The summed E-state index contributed by atoms with van der Waals surface area (Å²) >= 11 is 1.63. The lowest BCUT2D eigenvalue weighted by molar-refractivity contribution is 0.156. The summed E-state index contributed by atoms with van der Waals surface area (Å²) in [5.41, 5.74) is 5.54. The molecule has 1 aromatic heterocycles. The van der Waals surface area contributed by atoms with Crippen molar-refractivity contribution in [3.8, 4) is 0 Å². The molecule has 0 saturated carbocycles. The van der Waals surface area contributed by atoms with Crippen LogP contribution in [0.4, 0.5) is 4.79 Å². The number of nitrogens with zero attached hydrogens (tertiary/aromatic N) is 1. The predicted octanol–water partition coefficient (Wildman–Crippen LogP) is 1.03. The van der Waals surface area contributed by atoms with Crippen LogP contribution in [0, 0.1) is 0 Å². The molecule has 0 aliphatic carbocycles. The van der Waals surface area contributed by atoms with Crippen LogP contribution in [-0.2, 0) is 11.3 Å². The summed E-state index contributed by atoms with van der Waals surface area (Å²) in [5, 5.41) is 1.99. The van der Waals surface area contributed by atoms with E-state index in [4.69, 9.17) is 10.5 Å². The number of hydrogen-bond acceptors (Lipinski definition) is 4. The summed E-state index contributed by atoms with van der Waals surface area (Å²) in [6.07, 6.45) is -0.256. The van der Waals surface area contributed by atoms with Gasteiger partial charge in [0.05, 0.1) is 12.6 Å². The van der Waals surface area contributed by atoms with E-state index in [-0.39, 0.29) is 12.1 Å². The number of thiophene rings is 1. The zero-order valence-electron chi connectivity index (χ0n) is 7.68. The summed E-state index contributed by atoms with van der Waals surface area (Å²) < 4.78 is 4.93. The highest BCUT2D eigenvalue weighted by atomic mass is 32.1. The molecule has 2 heterocycles. The van der Waals surface area contributed by atoms with Crippen molar-refractivity contribution < 1.29 is 9.53 Å². The molecule has 0 radical (unpaired) electrons. The van der Waals surface area contributed by atoms with Crippen molar-refractivity contribution in [3.05, 3.63) is 22.4 Å². The van der Waals surface area contributed by atoms with Crippen LogP contribution in [0.2, 0.25) is 0 Å². The van der Waals surface area contributed by atoms with E-state index < -0.39 is 0 Å². The molecule has 2 N–H and O–H groups in total. The normalized spacial score (nSPS) is 21.4. The molecule has 0 aromatic carbocycles. The first-order chi connectivity index (χ1) is 6.81. The van der Waals surface area contributed by atoms with Crippen molar-refractivity contribution in [3.63, 3.8) is 0 Å². The Bertz CT molecular complexity index is 313. The van der Waals surface area contributed by atoms with E-state index in [1.165, 1.54) is 0 Å². The Morgan fingerprint density at radius 1 is 1.71 bits per heavy atom. The van der Waals surface area contributed by atoms with Gasteiger partial charge in [0, 0.05) is 11.4 Å². The van der Waals surface area contributed by atoms with E-state index in [0.717, 1.165) is 4.88 Å². The molecule has 1 saturated heterocycles. The lowest BCUT2D eigenvalue weighted by Gasteiger charge is -2.18. The molecular formula is C9H12N2O2S. The van der Waals surface area contributed by atoms with E-state index >= 15 is 0 Å². The summed E-state index contributed by atoms with van der Waals surface area (Å²) in [6, 6.07) is 4.01. The number of carbonyl (C=O) groups is 1. The molecule has 2 rings (SSSR count). The van der Waals surface area contributed by atoms with Crippen LogP contribution in [0.5, 0.6) is 0 Å². The van der Waals surface area contributed by atoms with Gasteiger partial charge in [0.25, 0.3) is 0 Å². The Morgan fingerprint density at radius 3 is 3.21 bits per heavy atom. The second kappa shape index (κ2) is 3.98. The van der Waals surface area contributed by atoms with Crippen molar-refractivity contribution in [2.45, 2.75) is 12.6 Å². The Morgan fingerprint density at radius 2 is 2.57 bits per heavy atom. The molecule has 4 nitrogen and oxygen atoms in total. The van der Waals surface area contributed by atoms with Crippen LogP contribution in [-0.4, -0.2) is 30.2 Å². The van der Waals surface area contributed by atoms with Crippen molar-refractivity contribution in [1.82, 2.24) is 4.90 Å². The Balaban J connectivity index is 2.05. The van der Waals surface area contributed by atoms with Gasteiger partial charge < -0.3 is 10.5 Å². The Labute approximate surface area is 86.3 Å².